The average molecular weight is 687 g/mol. The van der Waals surface area contributed by atoms with E-state index in [9.17, 15) is 39.7 Å². The summed E-state index contributed by atoms with van der Waals surface area (Å²) in [5.41, 5.74) is 0.383. The third kappa shape index (κ3) is 5.79. The van der Waals surface area contributed by atoms with Gasteiger partial charge in [0.25, 0.3) is 0 Å². The first-order valence-electron chi connectivity index (χ1n) is 13.8. The molecule has 8 nitrogen and oxygen atoms in total. The summed E-state index contributed by atoms with van der Waals surface area (Å²) < 4.78 is 114. The van der Waals surface area contributed by atoms with Gasteiger partial charge in [-0.05, 0) is 73.5 Å². The zero-order valence-corrected chi connectivity index (χ0v) is 25.6. The number of alkyl halides is 6. The third-order valence-electron chi connectivity index (χ3n) is 8.26. The van der Waals surface area contributed by atoms with Crippen LogP contribution in [0.4, 0.5) is 30.7 Å². The number of rotatable bonds is 7. The second kappa shape index (κ2) is 11.2. The van der Waals surface area contributed by atoms with Crippen LogP contribution in [0, 0.1) is 11.2 Å². The quantitative estimate of drug-likeness (QED) is 0.133. The minimum Gasteiger partial charge on any atom is -0.290 e. The smallest absolute Gasteiger partial charge is 0.290 e. The maximum atomic E-state index is 14.3. The van der Waals surface area contributed by atoms with E-state index in [4.69, 9.17) is 0 Å². The van der Waals surface area contributed by atoms with Crippen molar-refractivity contribution in [3.63, 3.8) is 0 Å². The van der Waals surface area contributed by atoms with E-state index in [-0.39, 0.29) is 42.0 Å². The highest BCUT2D eigenvalue weighted by Gasteiger charge is 2.53. The summed E-state index contributed by atoms with van der Waals surface area (Å²) >= 11 is 0.157. The number of fused-ring (bicyclic) bond motifs is 2. The summed E-state index contributed by atoms with van der Waals surface area (Å²) in [5.74, 6) is 2.40. The molecule has 1 fully saturated rings. The number of hydrogen-bond donors (Lipinski definition) is 0. The average Bonchev–Trinajstić information content (AvgIpc) is 3.74. The normalized spacial score (nSPS) is 21.4. The Hall–Kier alpha value is -3.83. The molecule has 0 saturated heterocycles. The fraction of sp³-hybridized carbons (Fsp3) is 0.345. The Bertz CT molecular complexity index is 1940. The molecule has 1 saturated carbocycles. The molecule has 0 spiro atoms. The van der Waals surface area contributed by atoms with Gasteiger partial charge < -0.3 is 0 Å². The van der Waals surface area contributed by atoms with Gasteiger partial charge in [0.1, 0.15) is 17.2 Å². The molecule has 0 amide bonds. The Labute approximate surface area is 262 Å². The number of nitrogens with zero attached hydrogens (tertiary/aromatic N) is 6. The molecule has 4 aromatic rings. The lowest BCUT2D eigenvalue weighted by Gasteiger charge is -2.47. The van der Waals surface area contributed by atoms with Gasteiger partial charge in [0, 0.05) is 19.3 Å². The largest absolute Gasteiger partial charge is 0.427 e. The molecule has 244 valence electrons. The van der Waals surface area contributed by atoms with E-state index in [0.717, 1.165) is 4.31 Å². The number of aromatic nitrogens is 5. The molecule has 0 N–H and O–H groups in total. The Morgan fingerprint density at radius 1 is 1.15 bits per heavy atom. The van der Waals surface area contributed by atoms with Crippen LogP contribution in [0.1, 0.15) is 45.2 Å². The highest BCUT2D eigenvalue weighted by molar-refractivity contribution is 7.98. The molecule has 0 bridgehead atoms. The lowest BCUT2D eigenvalue weighted by atomic mass is 9.61. The van der Waals surface area contributed by atoms with Gasteiger partial charge in [-0.25, -0.2) is 22.6 Å². The van der Waals surface area contributed by atoms with Crippen LogP contribution in [-0.2, 0) is 29.4 Å². The maximum absolute atomic E-state index is 14.3. The van der Waals surface area contributed by atoms with Crippen molar-refractivity contribution in [1.29, 1.82) is 0 Å². The Balaban J connectivity index is 1.46. The van der Waals surface area contributed by atoms with Crippen molar-refractivity contribution < 1.29 is 39.7 Å². The number of hydrogen-bond acceptors (Lipinski definition) is 6. The predicted molar refractivity (Wildman–Crippen MR) is 156 cm³/mol. The number of carbonyl (C=O) groups excluding carboxylic acids is 1. The number of ketones is 1. The van der Waals surface area contributed by atoms with Crippen molar-refractivity contribution in [3.8, 4) is 5.69 Å². The van der Waals surface area contributed by atoms with Gasteiger partial charge in [0.15, 0.2) is 10.0 Å². The summed E-state index contributed by atoms with van der Waals surface area (Å²) in [6.07, 6.45) is -4.83. The number of Topliss-reactive ketones (excluding diaryl/α,β-unsaturated/α-hetero) is 1. The topological polar surface area (TPSA) is 85.9 Å². The highest BCUT2D eigenvalue weighted by Crippen LogP contribution is 2.52. The summed E-state index contributed by atoms with van der Waals surface area (Å²) in [6.45, 7) is -1.62. The monoisotopic (exact) mass is 686 g/mol. The van der Waals surface area contributed by atoms with Crippen molar-refractivity contribution in [3.05, 3.63) is 81.5 Å². The van der Waals surface area contributed by atoms with E-state index in [1.54, 1.807) is 6.08 Å². The van der Waals surface area contributed by atoms with Crippen LogP contribution < -0.4 is 0 Å². The Morgan fingerprint density at radius 3 is 2.48 bits per heavy atom. The van der Waals surface area contributed by atoms with E-state index in [2.05, 4.69) is 21.1 Å². The molecule has 1 aromatic carbocycles. The molecule has 1 unspecified atom stereocenters. The van der Waals surface area contributed by atoms with Crippen LogP contribution in [0.25, 0.3) is 11.8 Å². The second-order valence-corrected chi connectivity index (χ2v) is 14.5. The maximum Gasteiger partial charge on any atom is 0.427 e. The molecule has 6 rings (SSSR count). The van der Waals surface area contributed by atoms with E-state index >= 15 is 0 Å². The summed E-state index contributed by atoms with van der Waals surface area (Å²) in [5, 5.41) is 7.81. The van der Waals surface area contributed by atoms with Gasteiger partial charge in [-0.15, -0.1) is 11.3 Å². The van der Waals surface area contributed by atoms with Crippen LogP contribution >= 0.6 is 11.3 Å². The van der Waals surface area contributed by atoms with Crippen LogP contribution in [0.15, 0.2) is 59.5 Å². The lowest BCUT2D eigenvalue weighted by molar-refractivity contribution is -0.140. The number of aryl methyl sites for hydroxylation is 1. The highest BCUT2D eigenvalue weighted by atomic mass is 32.2. The van der Waals surface area contributed by atoms with Crippen molar-refractivity contribution in [2.45, 2.75) is 49.1 Å². The van der Waals surface area contributed by atoms with Crippen LogP contribution in [0.5, 0.6) is 0 Å². The molecule has 2 aliphatic rings. The number of allylic oxidation sites excluding steroid dienone is 1. The van der Waals surface area contributed by atoms with Gasteiger partial charge in [-0.1, -0.05) is 5.57 Å². The number of thiazole rings is 1. The number of halogens is 7. The second-order valence-electron chi connectivity index (χ2n) is 11.3. The summed E-state index contributed by atoms with van der Waals surface area (Å²) in [4.78, 5) is 17.0. The molecule has 3 heterocycles. The van der Waals surface area contributed by atoms with E-state index in [1.165, 1.54) is 59.1 Å². The third-order valence-corrected chi connectivity index (χ3v) is 11.4. The zero-order valence-electron chi connectivity index (χ0n) is 24.0. The van der Waals surface area contributed by atoms with Gasteiger partial charge in [0.05, 0.1) is 38.9 Å². The fourth-order valence-electron chi connectivity index (χ4n) is 6.17. The number of benzene rings is 1. The SMILES string of the molecule is C=S(=O)(c1ccn(C)n1)N(CC(F)(F)F)[C@H]1CCC2=Cc3c(cnn3-c3ccc(F)cc3)C[C@]2(C(=O)c2ncc(C(F)(F)F)s2)C1. The first kappa shape index (κ1) is 32.1. The van der Waals surface area contributed by atoms with Crippen LogP contribution in [-0.4, -0.2) is 63.5 Å². The Morgan fingerprint density at radius 2 is 1.87 bits per heavy atom. The number of carbonyl (C=O) groups is 1. The Kier molecular flexibility index (Phi) is 7.79. The van der Waals surface area contributed by atoms with Crippen molar-refractivity contribution in [2.75, 3.05) is 6.54 Å². The standard InChI is InChI=1S/C29H25F7N6O2S2/c1-40-10-9-24(39-40)46(2,44)41(16-28(31,32)33)21-6-3-18-11-22-17(14-38-42(22)20-7-4-19(30)5-8-20)12-27(18,13-21)25(43)26-37-15-23(45-26)29(34,35)36/h4-5,7-11,14-15,21H,2-3,6,12-13,16H2,1H3/t21-,27-,46?/m0/s1. The van der Waals surface area contributed by atoms with Crippen molar-refractivity contribution in [1.82, 2.24) is 28.9 Å². The first-order chi connectivity index (χ1) is 21.5. The molecule has 46 heavy (non-hydrogen) atoms. The minimum absolute atomic E-state index is 0.0297. The van der Waals surface area contributed by atoms with Gasteiger partial charge >= 0.3 is 12.4 Å². The predicted octanol–water partition coefficient (Wildman–Crippen LogP) is 6.14. The lowest BCUT2D eigenvalue weighted by Crippen LogP contribution is -2.52. The fourth-order valence-corrected chi connectivity index (χ4v) is 8.78. The van der Waals surface area contributed by atoms with E-state index in [0.29, 0.717) is 28.7 Å². The van der Waals surface area contributed by atoms with E-state index in [1.807, 2.05) is 0 Å². The molecule has 3 aromatic heterocycles. The molecule has 17 heteroatoms. The van der Waals surface area contributed by atoms with Gasteiger partial charge in [-0.3, -0.25) is 9.48 Å². The minimum atomic E-state index is -4.81. The molecule has 0 radical (unpaired) electrons. The van der Waals surface area contributed by atoms with Crippen molar-refractivity contribution >= 4 is 38.8 Å². The zero-order chi connectivity index (χ0) is 33.2. The molecule has 0 aliphatic heterocycles. The van der Waals surface area contributed by atoms with Crippen LogP contribution in [0.3, 0.4) is 0 Å². The van der Waals surface area contributed by atoms with Crippen LogP contribution in [0.2, 0.25) is 0 Å². The van der Waals surface area contributed by atoms with E-state index < -0.39 is 61.5 Å². The van der Waals surface area contributed by atoms with Gasteiger partial charge in [0.2, 0.25) is 5.78 Å². The molecule has 2 aliphatic carbocycles. The first-order valence-corrected chi connectivity index (χ1v) is 16.3. The summed E-state index contributed by atoms with van der Waals surface area (Å²) in [7, 11) is -2.33. The molecular formula is C29H25F7N6O2S2. The van der Waals surface area contributed by atoms with Gasteiger partial charge in [-0.2, -0.15) is 36.5 Å². The summed E-state index contributed by atoms with van der Waals surface area (Å²) in [6, 6.07) is 5.65. The molecular weight excluding hydrogens is 661 g/mol. The molecule has 3 atom stereocenters. The van der Waals surface area contributed by atoms with Crippen molar-refractivity contribution in [2.24, 2.45) is 12.5 Å².